The molecule has 1 aromatic carbocycles. The number of esters is 1. The highest BCUT2D eigenvalue weighted by molar-refractivity contribution is 5.90. The topological polar surface area (TPSA) is 143 Å². The van der Waals surface area contributed by atoms with Gasteiger partial charge in [0, 0.05) is 32.2 Å². The predicted octanol–water partition coefficient (Wildman–Crippen LogP) is 2.42. The van der Waals surface area contributed by atoms with Gasteiger partial charge in [0.1, 0.15) is 11.7 Å². The van der Waals surface area contributed by atoms with Crippen molar-refractivity contribution in [1.82, 2.24) is 9.88 Å². The van der Waals surface area contributed by atoms with E-state index >= 15 is 0 Å². The molecule has 0 N–H and O–H groups in total. The largest absolute Gasteiger partial charge is 0.459 e. The first-order chi connectivity index (χ1) is 17.0. The molecule has 3 aromatic heterocycles. The zero-order valence-corrected chi connectivity index (χ0v) is 18.3. The van der Waals surface area contributed by atoms with E-state index < -0.39 is 18.5 Å². The second kappa shape index (κ2) is 9.18. The summed E-state index contributed by atoms with van der Waals surface area (Å²) in [5.74, 6) is -0.643. The number of piperazine rings is 1. The number of benzene rings is 1. The molecular formula is C24H18N4O7. The van der Waals surface area contributed by atoms with Crippen LogP contribution < -0.4 is 10.3 Å². The van der Waals surface area contributed by atoms with Crippen LogP contribution >= 0.6 is 0 Å². The quantitative estimate of drug-likeness (QED) is 0.396. The molecule has 0 aliphatic carbocycles. The van der Waals surface area contributed by atoms with Gasteiger partial charge in [-0.1, -0.05) is 12.1 Å². The number of furan rings is 1. The van der Waals surface area contributed by atoms with Crippen molar-refractivity contribution in [3.63, 3.8) is 0 Å². The minimum Gasteiger partial charge on any atom is -0.459 e. The number of carbonyl (C=O) groups excluding carboxylic acids is 2. The summed E-state index contributed by atoms with van der Waals surface area (Å²) in [5.41, 5.74) is 0.0105. The lowest BCUT2D eigenvalue weighted by molar-refractivity contribution is -0.134. The third-order valence-corrected chi connectivity index (χ3v) is 5.53. The Kier molecular flexibility index (Phi) is 5.76. The Hall–Kier alpha value is -4.85. The lowest BCUT2D eigenvalue weighted by Gasteiger charge is -2.34. The van der Waals surface area contributed by atoms with Crippen LogP contribution in [0.5, 0.6) is 0 Å². The van der Waals surface area contributed by atoms with Crippen molar-refractivity contribution in [2.45, 2.75) is 0 Å². The fourth-order valence-electron chi connectivity index (χ4n) is 3.76. The number of fused-ring (bicyclic) bond motifs is 1. The number of nitrogens with zero attached hydrogens (tertiary/aromatic N) is 4. The van der Waals surface area contributed by atoms with Gasteiger partial charge in [0.2, 0.25) is 17.3 Å². The Morgan fingerprint density at radius 1 is 1.09 bits per heavy atom. The Morgan fingerprint density at radius 3 is 2.63 bits per heavy atom. The number of carbonyl (C=O) groups is 2. The molecule has 35 heavy (non-hydrogen) atoms. The van der Waals surface area contributed by atoms with Crippen molar-refractivity contribution < 1.29 is 27.6 Å². The molecule has 0 radical (unpaired) electrons. The molecule has 4 aromatic rings. The standard InChI is InChI=1S/C24H18N4O7/c25-13-16-23(35-22(26-16)19-6-3-11-32-19)28-9-7-27(8-10-28)21(30)14-33-24(31)20-12-17(29)15-4-1-2-5-18(15)34-20/h1-6,11-12H,7-10,14H2. The predicted molar refractivity (Wildman–Crippen MR) is 120 cm³/mol. The van der Waals surface area contributed by atoms with Gasteiger partial charge in [-0.3, -0.25) is 9.59 Å². The summed E-state index contributed by atoms with van der Waals surface area (Å²) in [4.78, 5) is 44.6. The SMILES string of the molecule is N#Cc1nc(-c2ccco2)oc1N1CCN(C(=O)COC(=O)c2cc(=O)c3ccccc3o2)CC1. The highest BCUT2D eigenvalue weighted by Crippen LogP contribution is 2.29. The van der Waals surface area contributed by atoms with Crippen LogP contribution in [0.3, 0.4) is 0 Å². The summed E-state index contributed by atoms with van der Waals surface area (Å²) in [6.07, 6.45) is 1.48. The molecule has 0 atom stereocenters. The minimum absolute atomic E-state index is 0.127. The Labute approximate surface area is 197 Å². The van der Waals surface area contributed by atoms with Crippen LogP contribution in [0.15, 0.2) is 66.8 Å². The van der Waals surface area contributed by atoms with Crippen molar-refractivity contribution in [1.29, 1.82) is 5.26 Å². The van der Waals surface area contributed by atoms with Crippen molar-refractivity contribution in [2.24, 2.45) is 0 Å². The summed E-state index contributed by atoms with van der Waals surface area (Å²) in [7, 11) is 0. The number of rotatable bonds is 5. The molecule has 1 amide bonds. The maximum absolute atomic E-state index is 12.6. The maximum atomic E-state index is 12.6. The molecule has 1 saturated heterocycles. The number of nitriles is 1. The molecule has 1 fully saturated rings. The minimum atomic E-state index is -0.898. The Morgan fingerprint density at radius 2 is 1.89 bits per heavy atom. The van der Waals surface area contributed by atoms with E-state index in [9.17, 15) is 19.6 Å². The van der Waals surface area contributed by atoms with Crippen molar-refractivity contribution in [3.8, 4) is 17.7 Å². The van der Waals surface area contributed by atoms with E-state index in [1.54, 1.807) is 36.4 Å². The number of anilines is 1. The smallest absolute Gasteiger partial charge is 0.374 e. The van der Waals surface area contributed by atoms with Gasteiger partial charge in [-0.15, -0.1) is 0 Å². The van der Waals surface area contributed by atoms with Crippen LogP contribution in [-0.2, 0) is 9.53 Å². The zero-order valence-electron chi connectivity index (χ0n) is 18.3. The van der Waals surface area contributed by atoms with Gasteiger partial charge in [0.25, 0.3) is 11.8 Å². The maximum Gasteiger partial charge on any atom is 0.374 e. The molecule has 1 aliphatic rings. The summed E-state index contributed by atoms with van der Waals surface area (Å²) in [5, 5.41) is 9.77. The third kappa shape index (κ3) is 4.37. The van der Waals surface area contributed by atoms with Crippen LogP contribution in [0, 0.1) is 11.3 Å². The highest BCUT2D eigenvalue weighted by atomic mass is 16.5. The number of aromatic nitrogens is 1. The van der Waals surface area contributed by atoms with Gasteiger partial charge >= 0.3 is 5.97 Å². The van der Waals surface area contributed by atoms with Gasteiger partial charge in [0.05, 0.1) is 11.6 Å². The van der Waals surface area contributed by atoms with E-state index in [-0.39, 0.29) is 28.4 Å². The van der Waals surface area contributed by atoms with Gasteiger partial charge < -0.3 is 27.8 Å². The molecule has 5 rings (SSSR count). The van der Waals surface area contributed by atoms with E-state index in [0.29, 0.717) is 43.2 Å². The van der Waals surface area contributed by atoms with E-state index in [4.69, 9.17) is 18.0 Å². The number of hydrogen-bond donors (Lipinski definition) is 0. The Balaban J connectivity index is 1.18. The molecule has 11 nitrogen and oxygen atoms in total. The van der Waals surface area contributed by atoms with Gasteiger partial charge in [-0.2, -0.15) is 10.2 Å². The van der Waals surface area contributed by atoms with Crippen LogP contribution in [0.25, 0.3) is 22.6 Å². The molecule has 176 valence electrons. The van der Waals surface area contributed by atoms with E-state index in [2.05, 4.69) is 4.98 Å². The summed E-state index contributed by atoms with van der Waals surface area (Å²) in [6.45, 7) is 0.928. The van der Waals surface area contributed by atoms with Gasteiger partial charge in [0.15, 0.2) is 17.8 Å². The molecule has 0 unspecified atom stereocenters. The van der Waals surface area contributed by atoms with E-state index in [1.807, 2.05) is 11.0 Å². The molecule has 0 spiro atoms. The first-order valence-corrected chi connectivity index (χ1v) is 10.7. The summed E-state index contributed by atoms with van der Waals surface area (Å²) in [6, 6.07) is 13.0. The average Bonchev–Trinajstić information content (AvgIpc) is 3.57. The first kappa shape index (κ1) is 22.0. The average molecular weight is 474 g/mol. The highest BCUT2D eigenvalue weighted by Gasteiger charge is 2.28. The second-order valence-corrected chi connectivity index (χ2v) is 7.68. The molecule has 4 heterocycles. The third-order valence-electron chi connectivity index (χ3n) is 5.53. The molecule has 11 heteroatoms. The van der Waals surface area contributed by atoms with Crippen molar-refractivity contribution in [3.05, 3.63) is 70.4 Å². The second-order valence-electron chi connectivity index (χ2n) is 7.68. The fourth-order valence-corrected chi connectivity index (χ4v) is 3.76. The first-order valence-electron chi connectivity index (χ1n) is 10.7. The normalized spacial score (nSPS) is 13.6. The summed E-state index contributed by atoms with van der Waals surface area (Å²) < 4.78 is 21.5. The monoisotopic (exact) mass is 474 g/mol. The number of amides is 1. The number of hydrogen-bond acceptors (Lipinski definition) is 10. The van der Waals surface area contributed by atoms with Crippen LogP contribution in [0.2, 0.25) is 0 Å². The van der Waals surface area contributed by atoms with Crippen molar-refractivity contribution >= 4 is 28.7 Å². The lowest BCUT2D eigenvalue weighted by Crippen LogP contribution is -2.50. The van der Waals surface area contributed by atoms with Crippen LogP contribution in [-0.4, -0.2) is 54.5 Å². The Bertz CT molecular complexity index is 1490. The zero-order chi connectivity index (χ0) is 24.4. The number of oxazole rings is 1. The van der Waals surface area contributed by atoms with Gasteiger partial charge in [-0.05, 0) is 24.3 Å². The number of ether oxygens (including phenoxy) is 1. The van der Waals surface area contributed by atoms with Crippen LogP contribution in [0.4, 0.5) is 5.88 Å². The molecule has 1 aliphatic heterocycles. The number of para-hydroxylation sites is 1. The lowest BCUT2D eigenvalue weighted by atomic mass is 10.2. The summed E-state index contributed by atoms with van der Waals surface area (Å²) >= 11 is 0. The van der Waals surface area contributed by atoms with Crippen molar-refractivity contribution in [2.75, 3.05) is 37.7 Å². The van der Waals surface area contributed by atoms with E-state index in [0.717, 1.165) is 6.07 Å². The van der Waals surface area contributed by atoms with Crippen LogP contribution in [0.1, 0.15) is 16.2 Å². The van der Waals surface area contributed by atoms with Gasteiger partial charge in [-0.25, -0.2) is 4.79 Å². The molecule has 0 bridgehead atoms. The molecular weight excluding hydrogens is 456 g/mol. The fraction of sp³-hybridized carbons (Fsp3) is 0.208. The van der Waals surface area contributed by atoms with E-state index in [1.165, 1.54) is 11.2 Å². The molecule has 0 saturated carbocycles.